The summed E-state index contributed by atoms with van der Waals surface area (Å²) in [5, 5.41) is 9.58. The molecule has 1 aliphatic rings. The molecule has 2 atom stereocenters. The monoisotopic (exact) mass is 933 g/mol. The number of carbonyl (C=O) groups excluding carboxylic acids is 3. The molecule has 0 aromatic heterocycles. The first kappa shape index (κ1) is 62.3. The van der Waals surface area contributed by atoms with E-state index in [0.717, 1.165) is 90.4 Å². The highest BCUT2D eigenvalue weighted by Crippen LogP contribution is 2.24. The van der Waals surface area contributed by atoms with Crippen LogP contribution >= 0.6 is 0 Å². The fourth-order valence-corrected chi connectivity index (χ4v) is 10.2. The number of aliphatic hydroxyl groups excluding tert-OH is 1. The Morgan fingerprint density at radius 1 is 0.439 bits per heavy atom. The number of ether oxygens (including phenoxy) is 2. The molecule has 0 bridgehead atoms. The number of unbranched alkanes of at least 4 members (excludes halogenated alkanes) is 21. The van der Waals surface area contributed by atoms with Crippen LogP contribution in [0.4, 0.5) is 0 Å². The summed E-state index contributed by atoms with van der Waals surface area (Å²) in [4.78, 5) is 43.6. The quantitative estimate of drug-likeness (QED) is 0.0369. The molecule has 0 aromatic rings. The van der Waals surface area contributed by atoms with E-state index in [9.17, 15) is 19.5 Å². The van der Waals surface area contributed by atoms with E-state index in [1.165, 1.54) is 180 Å². The molecule has 8 nitrogen and oxygen atoms in total. The first-order chi connectivity index (χ1) is 32.4. The van der Waals surface area contributed by atoms with E-state index in [1.54, 1.807) is 0 Å². The molecule has 1 amide bonds. The minimum Gasteiger partial charge on any atom is -0.465 e. The molecule has 0 aromatic carbocycles. The number of hydrogen-bond donors (Lipinski definition) is 1. The molecule has 1 rings (SSSR count). The van der Waals surface area contributed by atoms with Crippen LogP contribution in [0.15, 0.2) is 0 Å². The average molecular weight is 934 g/mol. The fraction of sp³-hybridized carbons (Fsp3) is 0.948. The third-order valence-electron chi connectivity index (χ3n) is 14.6. The molecule has 0 spiro atoms. The van der Waals surface area contributed by atoms with Crippen molar-refractivity contribution in [2.75, 3.05) is 46.0 Å². The molecule has 8 heteroatoms. The number of nitrogens with zero attached hydrogens (tertiary/aromatic N) is 2. The number of carbonyl (C=O) groups is 3. The summed E-state index contributed by atoms with van der Waals surface area (Å²) in [5.74, 6) is 1.06. The Labute approximate surface area is 410 Å². The SMILES string of the molecule is CCCCCCCCC(CCCCCC)COC(=O)CCCCCN(CCCCCC(=O)OCC(CCCCCC)CCCCCCCC)CCCCN(C(=O)CCO)C1CCCCCC1. The van der Waals surface area contributed by atoms with Crippen molar-refractivity contribution in [3.63, 3.8) is 0 Å². The third-order valence-corrected chi connectivity index (χ3v) is 14.6. The van der Waals surface area contributed by atoms with Gasteiger partial charge in [0.15, 0.2) is 0 Å². The maximum atomic E-state index is 13.1. The first-order valence-corrected chi connectivity index (χ1v) is 29.3. The normalized spacial score (nSPS) is 14.3. The topological polar surface area (TPSA) is 96.4 Å². The van der Waals surface area contributed by atoms with Crippen molar-refractivity contribution >= 4 is 17.8 Å². The molecule has 390 valence electrons. The van der Waals surface area contributed by atoms with Crippen molar-refractivity contribution in [1.29, 1.82) is 0 Å². The summed E-state index contributed by atoms with van der Waals surface area (Å²) in [6.07, 6.45) is 46.7. The minimum atomic E-state index is -0.0803. The summed E-state index contributed by atoms with van der Waals surface area (Å²) >= 11 is 0. The van der Waals surface area contributed by atoms with Gasteiger partial charge in [0.05, 0.1) is 19.8 Å². The molecule has 0 aliphatic heterocycles. The van der Waals surface area contributed by atoms with Gasteiger partial charge >= 0.3 is 11.9 Å². The summed E-state index contributed by atoms with van der Waals surface area (Å²) in [6, 6.07) is 0.315. The Morgan fingerprint density at radius 3 is 1.20 bits per heavy atom. The van der Waals surface area contributed by atoms with Gasteiger partial charge in [-0.3, -0.25) is 14.4 Å². The number of amides is 1. The highest BCUT2D eigenvalue weighted by atomic mass is 16.5. The maximum absolute atomic E-state index is 13.1. The van der Waals surface area contributed by atoms with Crippen molar-refractivity contribution < 1.29 is 29.0 Å². The van der Waals surface area contributed by atoms with Crippen LogP contribution in [0.1, 0.15) is 291 Å². The zero-order valence-electron chi connectivity index (χ0n) is 44.6. The fourth-order valence-electron chi connectivity index (χ4n) is 10.2. The zero-order valence-corrected chi connectivity index (χ0v) is 44.6. The molecule has 2 unspecified atom stereocenters. The van der Waals surface area contributed by atoms with Crippen molar-refractivity contribution in [3.05, 3.63) is 0 Å². The van der Waals surface area contributed by atoms with Crippen LogP contribution in [0.2, 0.25) is 0 Å². The average Bonchev–Trinajstić information content (AvgIpc) is 3.60. The van der Waals surface area contributed by atoms with Crippen molar-refractivity contribution in [2.45, 2.75) is 297 Å². The predicted octanol–water partition coefficient (Wildman–Crippen LogP) is 15.9. The molecule has 0 heterocycles. The van der Waals surface area contributed by atoms with Crippen molar-refractivity contribution in [1.82, 2.24) is 9.80 Å². The molecule has 66 heavy (non-hydrogen) atoms. The summed E-state index contributed by atoms with van der Waals surface area (Å²) in [7, 11) is 0. The van der Waals surface area contributed by atoms with E-state index in [2.05, 4.69) is 37.5 Å². The van der Waals surface area contributed by atoms with Crippen LogP contribution in [0.5, 0.6) is 0 Å². The Hall–Kier alpha value is -1.67. The molecule has 1 N–H and O–H groups in total. The second-order valence-corrected chi connectivity index (χ2v) is 20.8. The Morgan fingerprint density at radius 2 is 0.788 bits per heavy atom. The van der Waals surface area contributed by atoms with E-state index >= 15 is 0 Å². The van der Waals surface area contributed by atoms with E-state index in [0.29, 0.717) is 43.9 Å². The summed E-state index contributed by atoms with van der Waals surface area (Å²) in [5.41, 5.74) is 0. The van der Waals surface area contributed by atoms with Crippen molar-refractivity contribution in [2.24, 2.45) is 11.8 Å². The number of esters is 2. The van der Waals surface area contributed by atoms with E-state index in [1.807, 2.05) is 0 Å². The highest BCUT2D eigenvalue weighted by Gasteiger charge is 2.24. The van der Waals surface area contributed by atoms with Gasteiger partial charge in [0.2, 0.25) is 5.91 Å². The molecule has 1 fully saturated rings. The van der Waals surface area contributed by atoms with Gasteiger partial charge < -0.3 is 24.4 Å². The maximum Gasteiger partial charge on any atom is 0.305 e. The van der Waals surface area contributed by atoms with Crippen LogP contribution in [0.3, 0.4) is 0 Å². The van der Waals surface area contributed by atoms with Crippen LogP contribution in [-0.4, -0.2) is 84.8 Å². The molecule has 1 saturated carbocycles. The van der Waals surface area contributed by atoms with E-state index in [-0.39, 0.29) is 30.9 Å². The smallest absolute Gasteiger partial charge is 0.305 e. The van der Waals surface area contributed by atoms with Gasteiger partial charge in [0.25, 0.3) is 0 Å². The largest absolute Gasteiger partial charge is 0.465 e. The second-order valence-electron chi connectivity index (χ2n) is 20.8. The number of hydrogen-bond acceptors (Lipinski definition) is 7. The van der Waals surface area contributed by atoms with Gasteiger partial charge in [-0.1, -0.05) is 195 Å². The second kappa shape index (κ2) is 47.0. The Balaban J connectivity index is 2.64. The van der Waals surface area contributed by atoms with E-state index < -0.39 is 0 Å². The van der Waals surface area contributed by atoms with Gasteiger partial charge in [0, 0.05) is 31.8 Å². The molecule has 1 aliphatic carbocycles. The van der Waals surface area contributed by atoms with E-state index in [4.69, 9.17) is 9.47 Å². The van der Waals surface area contributed by atoms with Crippen molar-refractivity contribution in [3.8, 4) is 0 Å². The highest BCUT2D eigenvalue weighted by molar-refractivity contribution is 5.76. The molecule has 0 radical (unpaired) electrons. The lowest BCUT2D eigenvalue weighted by molar-refractivity contribution is -0.146. The summed E-state index contributed by atoms with van der Waals surface area (Å²) < 4.78 is 11.8. The lowest BCUT2D eigenvalue weighted by atomic mass is 9.95. The molecular weight excluding hydrogens is 821 g/mol. The van der Waals surface area contributed by atoms with Crippen LogP contribution in [-0.2, 0) is 23.9 Å². The standard InChI is InChI=1S/C58H112N2O6/c1-5-9-13-17-19-27-39-53(37-25-15-11-7-3)51-65-57(63)43-31-23-33-46-59(48-35-36-49-60(56(62)45-50-61)55-41-29-21-22-30-42-55)47-34-24-32-44-58(64)66-52-54(38-26-16-12-8-4)40-28-20-18-14-10-6-2/h53-55,61H,5-52H2,1-4H3. The van der Waals surface area contributed by atoms with Crippen LogP contribution < -0.4 is 0 Å². The number of aliphatic hydroxyl groups is 1. The lowest BCUT2D eigenvalue weighted by Crippen LogP contribution is -2.41. The third kappa shape index (κ3) is 37.3. The predicted molar refractivity (Wildman–Crippen MR) is 280 cm³/mol. The summed E-state index contributed by atoms with van der Waals surface area (Å²) in [6.45, 7) is 13.9. The number of rotatable bonds is 48. The minimum absolute atomic E-state index is 0.0267. The van der Waals surface area contributed by atoms with Gasteiger partial charge in [-0.05, 0) is 109 Å². The van der Waals surface area contributed by atoms with Gasteiger partial charge in [-0.25, -0.2) is 0 Å². The van der Waals surface area contributed by atoms with Gasteiger partial charge in [-0.15, -0.1) is 0 Å². The first-order valence-electron chi connectivity index (χ1n) is 29.3. The van der Waals surface area contributed by atoms with Crippen LogP contribution in [0, 0.1) is 11.8 Å². The van der Waals surface area contributed by atoms with Gasteiger partial charge in [0.1, 0.15) is 0 Å². The molecule has 0 saturated heterocycles. The lowest BCUT2D eigenvalue weighted by Gasteiger charge is -2.32. The Bertz CT molecular complexity index is 1020. The zero-order chi connectivity index (χ0) is 48.0. The van der Waals surface area contributed by atoms with Gasteiger partial charge in [-0.2, -0.15) is 0 Å². The Kier molecular flexibility index (Phi) is 44.4. The molecular formula is C58H112N2O6. The van der Waals surface area contributed by atoms with Crippen LogP contribution in [0.25, 0.3) is 0 Å².